The van der Waals surface area contributed by atoms with Gasteiger partial charge in [0.05, 0.1) is 0 Å². The van der Waals surface area contributed by atoms with Crippen LogP contribution in [-0.2, 0) is 0 Å². The first-order valence-corrected chi connectivity index (χ1v) is 9.03. The lowest BCUT2D eigenvalue weighted by Gasteiger charge is -2.50. The highest BCUT2D eigenvalue weighted by Gasteiger charge is 2.43. The van der Waals surface area contributed by atoms with Crippen LogP contribution in [0, 0.1) is 47.3 Å². The summed E-state index contributed by atoms with van der Waals surface area (Å²) in [5.74, 6) is 7.19. The summed E-state index contributed by atoms with van der Waals surface area (Å²) in [6.07, 6.45) is 7.60. The molecule has 118 valence electrons. The highest BCUT2D eigenvalue weighted by Crippen LogP contribution is 2.50. The van der Waals surface area contributed by atoms with Crippen molar-refractivity contribution in [3.63, 3.8) is 0 Å². The standard InChI is InChI=1S/C12H20.C8H18/c1-7-8(2)12-6-5-11(7)9(3)10(12)4;1-5-7(3)8(4)6-2/h5-12H,1-4H3;7-8H,5-6H2,1-4H3. The Hall–Kier alpha value is -0.260. The normalized spacial score (nSPS) is 41.8. The van der Waals surface area contributed by atoms with E-state index >= 15 is 0 Å². The molecule has 0 spiro atoms. The van der Waals surface area contributed by atoms with Crippen molar-refractivity contribution < 1.29 is 0 Å². The molecular weight excluding hydrogens is 240 g/mol. The second-order valence-electron chi connectivity index (χ2n) is 7.75. The third kappa shape index (κ3) is 3.68. The van der Waals surface area contributed by atoms with Crippen molar-refractivity contribution in [2.75, 3.05) is 0 Å². The molecule has 0 heteroatoms. The Morgan fingerprint density at radius 2 is 0.900 bits per heavy atom. The van der Waals surface area contributed by atoms with Gasteiger partial charge < -0.3 is 0 Å². The second kappa shape index (κ2) is 7.66. The minimum atomic E-state index is 0.861. The van der Waals surface area contributed by atoms with Crippen LogP contribution in [0.15, 0.2) is 12.2 Å². The fourth-order valence-corrected chi connectivity index (χ4v) is 4.12. The van der Waals surface area contributed by atoms with Crippen molar-refractivity contribution in [1.29, 1.82) is 0 Å². The van der Waals surface area contributed by atoms with Crippen LogP contribution in [0.1, 0.15) is 68.2 Å². The molecule has 0 heterocycles. The Balaban J connectivity index is 0.000000221. The predicted octanol–water partition coefficient (Wildman–Crippen LogP) is 6.43. The highest BCUT2D eigenvalue weighted by atomic mass is 14.5. The van der Waals surface area contributed by atoms with E-state index in [0.29, 0.717) is 0 Å². The van der Waals surface area contributed by atoms with Gasteiger partial charge in [-0.25, -0.2) is 0 Å². The molecule has 3 aliphatic rings. The van der Waals surface area contributed by atoms with Gasteiger partial charge in [-0.05, 0) is 47.3 Å². The zero-order chi connectivity index (χ0) is 15.4. The Morgan fingerprint density at radius 3 is 1.10 bits per heavy atom. The van der Waals surface area contributed by atoms with E-state index in [2.05, 4.69) is 67.5 Å². The van der Waals surface area contributed by atoms with Crippen molar-refractivity contribution in [2.24, 2.45) is 47.3 Å². The Kier molecular flexibility index (Phi) is 6.82. The number of fused-ring (bicyclic) bond motifs is 2. The summed E-state index contributed by atoms with van der Waals surface area (Å²) in [5, 5.41) is 0. The molecule has 2 bridgehead atoms. The van der Waals surface area contributed by atoms with Gasteiger partial charge in [0.15, 0.2) is 0 Å². The van der Waals surface area contributed by atoms with Crippen LogP contribution >= 0.6 is 0 Å². The Morgan fingerprint density at radius 1 is 0.650 bits per heavy atom. The summed E-state index contributed by atoms with van der Waals surface area (Å²) in [7, 11) is 0. The van der Waals surface area contributed by atoms with Gasteiger partial charge in [0, 0.05) is 0 Å². The van der Waals surface area contributed by atoms with Crippen molar-refractivity contribution >= 4 is 0 Å². The highest BCUT2D eigenvalue weighted by molar-refractivity contribution is 5.11. The Bertz CT molecular complexity index is 257. The summed E-state index contributed by atoms with van der Waals surface area (Å²) in [4.78, 5) is 0. The topological polar surface area (TPSA) is 0 Å². The number of rotatable bonds is 3. The molecule has 1 saturated carbocycles. The lowest BCUT2D eigenvalue weighted by molar-refractivity contribution is 0.0429. The van der Waals surface area contributed by atoms with E-state index in [4.69, 9.17) is 0 Å². The summed E-state index contributed by atoms with van der Waals surface area (Å²) < 4.78 is 0. The molecule has 0 aromatic rings. The SMILES string of the molecule is CC1C(C)C2C=CC1C(C)C2C.CCC(C)C(C)CC. The van der Waals surface area contributed by atoms with E-state index in [1.54, 1.807) is 0 Å². The van der Waals surface area contributed by atoms with E-state index in [0.717, 1.165) is 47.3 Å². The molecular formula is C20H38. The molecule has 0 nitrogen and oxygen atoms in total. The van der Waals surface area contributed by atoms with Crippen LogP contribution in [0.25, 0.3) is 0 Å². The first-order chi connectivity index (χ1) is 9.34. The zero-order valence-corrected chi connectivity index (χ0v) is 15.2. The molecule has 6 atom stereocenters. The van der Waals surface area contributed by atoms with Crippen LogP contribution in [0.2, 0.25) is 0 Å². The number of hydrogen-bond donors (Lipinski definition) is 0. The van der Waals surface area contributed by atoms with Crippen molar-refractivity contribution in [2.45, 2.75) is 68.2 Å². The van der Waals surface area contributed by atoms with E-state index in [9.17, 15) is 0 Å². The van der Waals surface area contributed by atoms with Gasteiger partial charge in [-0.1, -0.05) is 80.4 Å². The summed E-state index contributed by atoms with van der Waals surface area (Å²) >= 11 is 0. The quantitative estimate of drug-likeness (QED) is 0.522. The molecule has 3 aliphatic carbocycles. The first kappa shape index (κ1) is 17.8. The molecule has 0 radical (unpaired) electrons. The van der Waals surface area contributed by atoms with Crippen molar-refractivity contribution in [3.05, 3.63) is 12.2 Å². The van der Waals surface area contributed by atoms with Gasteiger partial charge >= 0.3 is 0 Å². The lowest BCUT2D eigenvalue weighted by Crippen LogP contribution is -2.44. The van der Waals surface area contributed by atoms with Crippen LogP contribution < -0.4 is 0 Å². The van der Waals surface area contributed by atoms with E-state index in [1.165, 1.54) is 12.8 Å². The fraction of sp³-hybridized carbons (Fsp3) is 0.900. The smallest absolute Gasteiger partial charge is 0.0176 e. The molecule has 0 N–H and O–H groups in total. The maximum atomic E-state index is 2.47. The molecule has 1 fully saturated rings. The summed E-state index contributed by atoms with van der Waals surface area (Å²) in [6.45, 7) is 18.9. The molecule has 0 amide bonds. The predicted molar refractivity (Wildman–Crippen MR) is 91.7 cm³/mol. The molecule has 3 rings (SSSR count). The molecule has 0 aromatic carbocycles. The maximum Gasteiger partial charge on any atom is -0.0176 e. The largest absolute Gasteiger partial charge is 0.0846 e. The maximum absolute atomic E-state index is 2.47. The minimum Gasteiger partial charge on any atom is -0.0846 e. The average molecular weight is 279 g/mol. The van der Waals surface area contributed by atoms with E-state index in [-0.39, 0.29) is 0 Å². The van der Waals surface area contributed by atoms with Crippen molar-refractivity contribution in [3.8, 4) is 0 Å². The van der Waals surface area contributed by atoms with Gasteiger partial charge in [-0.15, -0.1) is 0 Å². The van der Waals surface area contributed by atoms with Crippen LogP contribution in [0.4, 0.5) is 0 Å². The summed E-state index contributed by atoms with van der Waals surface area (Å²) in [6, 6.07) is 0. The van der Waals surface area contributed by atoms with Gasteiger partial charge in [0.1, 0.15) is 0 Å². The lowest BCUT2D eigenvalue weighted by atomic mass is 9.55. The van der Waals surface area contributed by atoms with Crippen LogP contribution in [0.5, 0.6) is 0 Å². The molecule has 0 saturated heterocycles. The first-order valence-electron chi connectivity index (χ1n) is 9.03. The second-order valence-corrected chi connectivity index (χ2v) is 7.75. The van der Waals surface area contributed by atoms with Gasteiger partial charge in [0.25, 0.3) is 0 Å². The minimum absolute atomic E-state index is 0.861. The average Bonchev–Trinajstić information content (AvgIpc) is 2.46. The van der Waals surface area contributed by atoms with Crippen LogP contribution in [0.3, 0.4) is 0 Å². The van der Waals surface area contributed by atoms with Crippen LogP contribution in [-0.4, -0.2) is 0 Å². The molecule has 0 aromatic heterocycles. The summed E-state index contributed by atoms with van der Waals surface area (Å²) in [5.41, 5.74) is 0. The molecule has 0 aliphatic heterocycles. The third-order valence-corrected chi connectivity index (χ3v) is 6.90. The Labute approximate surface area is 128 Å². The zero-order valence-electron chi connectivity index (χ0n) is 15.2. The van der Waals surface area contributed by atoms with Crippen molar-refractivity contribution in [1.82, 2.24) is 0 Å². The molecule has 20 heavy (non-hydrogen) atoms. The third-order valence-electron chi connectivity index (χ3n) is 6.90. The van der Waals surface area contributed by atoms with E-state index in [1.807, 2.05) is 0 Å². The monoisotopic (exact) mass is 278 g/mol. The van der Waals surface area contributed by atoms with Gasteiger partial charge in [-0.3, -0.25) is 0 Å². The van der Waals surface area contributed by atoms with Gasteiger partial charge in [-0.2, -0.15) is 0 Å². The fourth-order valence-electron chi connectivity index (χ4n) is 4.12. The number of hydrogen-bond acceptors (Lipinski definition) is 0. The molecule has 6 unspecified atom stereocenters. The van der Waals surface area contributed by atoms with Gasteiger partial charge in [0.2, 0.25) is 0 Å². The number of allylic oxidation sites excluding steroid dienone is 2. The van der Waals surface area contributed by atoms with E-state index < -0.39 is 0 Å².